The molecule has 1 aliphatic rings. The Morgan fingerprint density at radius 2 is 2.11 bits per heavy atom. The van der Waals surface area contributed by atoms with Crippen molar-refractivity contribution in [3.63, 3.8) is 0 Å². The predicted octanol–water partition coefficient (Wildman–Crippen LogP) is 1.85. The van der Waals surface area contributed by atoms with E-state index in [1.54, 1.807) is 0 Å². The third-order valence-corrected chi connectivity index (χ3v) is 3.57. The highest BCUT2D eigenvalue weighted by Crippen LogP contribution is 2.30. The Kier molecular flexibility index (Phi) is 4.80. The number of rotatable bonds is 5. The molecule has 106 valence electrons. The second-order valence-electron chi connectivity index (χ2n) is 5.52. The van der Waals surface area contributed by atoms with Crippen LogP contribution in [-0.2, 0) is 0 Å². The van der Waals surface area contributed by atoms with E-state index in [0.717, 1.165) is 12.3 Å². The van der Waals surface area contributed by atoms with Crippen LogP contribution in [0.2, 0.25) is 0 Å². The van der Waals surface area contributed by atoms with Crippen LogP contribution in [0.15, 0.2) is 24.3 Å². The van der Waals surface area contributed by atoms with Crippen LogP contribution in [0.25, 0.3) is 0 Å². The monoisotopic (exact) mass is 263 g/mol. The van der Waals surface area contributed by atoms with E-state index < -0.39 is 0 Å². The van der Waals surface area contributed by atoms with Gasteiger partial charge in [0, 0.05) is 18.5 Å². The smallest absolute Gasteiger partial charge is 0.120 e. The summed E-state index contributed by atoms with van der Waals surface area (Å²) in [6.45, 7) is 7.30. The first-order valence-electron chi connectivity index (χ1n) is 7.04. The van der Waals surface area contributed by atoms with Crippen molar-refractivity contribution in [2.45, 2.75) is 39.0 Å². The van der Waals surface area contributed by atoms with Crippen LogP contribution >= 0.6 is 0 Å². The Morgan fingerprint density at radius 1 is 1.32 bits per heavy atom. The van der Waals surface area contributed by atoms with E-state index in [1.807, 2.05) is 27.0 Å². The van der Waals surface area contributed by atoms with Crippen molar-refractivity contribution in [3.8, 4) is 5.75 Å². The molecular weight excluding hydrogens is 238 g/mol. The quantitative estimate of drug-likeness (QED) is 0.758. The molecule has 0 spiro atoms. The molecule has 3 unspecified atom stereocenters. The molecule has 1 heterocycles. The molecule has 19 heavy (non-hydrogen) atoms. The minimum atomic E-state index is 0.206. The molecule has 3 N–H and O–H groups in total. The fourth-order valence-corrected chi connectivity index (χ4v) is 2.64. The number of hydrogen-bond acceptors (Lipinski definition) is 4. The summed E-state index contributed by atoms with van der Waals surface area (Å²) in [7, 11) is 2.00. The van der Waals surface area contributed by atoms with Gasteiger partial charge < -0.3 is 10.1 Å². The molecule has 1 saturated heterocycles. The molecule has 0 aromatic heterocycles. The van der Waals surface area contributed by atoms with E-state index in [1.165, 1.54) is 5.56 Å². The van der Waals surface area contributed by atoms with Crippen molar-refractivity contribution in [2.24, 2.45) is 5.92 Å². The molecule has 2 rings (SSSR count). The molecule has 1 aliphatic heterocycles. The SMILES string of the molecule is CNCC1C(C)NNC1c1cccc(OC(C)C)c1. The van der Waals surface area contributed by atoms with Gasteiger partial charge in [0.15, 0.2) is 0 Å². The summed E-state index contributed by atoms with van der Waals surface area (Å²) < 4.78 is 5.77. The second-order valence-corrected chi connectivity index (χ2v) is 5.52. The van der Waals surface area contributed by atoms with Crippen molar-refractivity contribution < 1.29 is 4.74 Å². The maximum Gasteiger partial charge on any atom is 0.120 e. The number of benzene rings is 1. The topological polar surface area (TPSA) is 45.3 Å². The average Bonchev–Trinajstić information content (AvgIpc) is 2.71. The van der Waals surface area contributed by atoms with Crippen LogP contribution in [0.3, 0.4) is 0 Å². The van der Waals surface area contributed by atoms with Crippen LogP contribution in [0.1, 0.15) is 32.4 Å². The third-order valence-electron chi connectivity index (χ3n) is 3.57. The largest absolute Gasteiger partial charge is 0.491 e. The van der Waals surface area contributed by atoms with E-state index in [-0.39, 0.29) is 6.10 Å². The number of hydrogen-bond donors (Lipinski definition) is 3. The zero-order valence-corrected chi connectivity index (χ0v) is 12.2. The molecule has 1 aromatic rings. The van der Waals surface area contributed by atoms with E-state index in [0.29, 0.717) is 18.0 Å². The number of hydrazine groups is 1. The summed E-state index contributed by atoms with van der Waals surface area (Å²) in [6.07, 6.45) is 0.206. The van der Waals surface area contributed by atoms with Gasteiger partial charge >= 0.3 is 0 Å². The molecule has 0 radical (unpaired) electrons. The first kappa shape index (κ1) is 14.3. The van der Waals surface area contributed by atoms with Gasteiger partial charge in [-0.1, -0.05) is 12.1 Å². The second kappa shape index (κ2) is 6.37. The first-order chi connectivity index (χ1) is 9.11. The van der Waals surface area contributed by atoms with Crippen molar-refractivity contribution in [2.75, 3.05) is 13.6 Å². The molecule has 4 nitrogen and oxygen atoms in total. The average molecular weight is 263 g/mol. The van der Waals surface area contributed by atoms with E-state index >= 15 is 0 Å². The van der Waals surface area contributed by atoms with Gasteiger partial charge in [0.1, 0.15) is 5.75 Å². The Morgan fingerprint density at radius 3 is 2.79 bits per heavy atom. The van der Waals surface area contributed by atoms with Gasteiger partial charge in [0.05, 0.1) is 12.1 Å². The summed E-state index contributed by atoms with van der Waals surface area (Å²) in [5, 5.41) is 3.28. The van der Waals surface area contributed by atoms with Crippen LogP contribution < -0.4 is 20.9 Å². The lowest BCUT2D eigenvalue weighted by Crippen LogP contribution is -2.31. The normalized spacial score (nSPS) is 26.9. The summed E-state index contributed by atoms with van der Waals surface area (Å²) in [4.78, 5) is 0. The Balaban J connectivity index is 2.16. The molecule has 1 aromatic carbocycles. The summed E-state index contributed by atoms with van der Waals surface area (Å²) >= 11 is 0. The number of nitrogens with one attached hydrogen (secondary N) is 3. The fourth-order valence-electron chi connectivity index (χ4n) is 2.64. The minimum absolute atomic E-state index is 0.206. The molecule has 1 fully saturated rings. The highest BCUT2D eigenvalue weighted by Gasteiger charge is 2.33. The van der Waals surface area contributed by atoms with E-state index in [4.69, 9.17) is 4.74 Å². The van der Waals surface area contributed by atoms with Crippen LogP contribution in [0.4, 0.5) is 0 Å². The first-order valence-corrected chi connectivity index (χ1v) is 7.04. The summed E-state index contributed by atoms with van der Waals surface area (Å²) in [5.74, 6) is 1.47. The molecule has 0 bridgehead atoms. The maximum absolute atomic E-state index is 5.77. The van der Waals surface area contributed by atoms with Crippen molar-refractivity contribution in [1.29, 1.82) is 0 Å². The lowest BCUT2D eigenvalue weighted by atomic mass is 9.90. The van der Waals surface area contributed by atoms with Gasteiger partial charge in [-0.05, 0) is 45.5 Å². The molecule has 0 saturated carbocycles. The van der Waals surface area contributed by atoms with Crippen molar-refractivity contribution in [1.82, 2.24) is 16.2 Å². The Hall–Kier alpha value is -1.10. The van der Waals surface area contributed by atoms with Crippen molar-refractivity contribution >= 4 is 0 Å². The zero-order chi connectivity index (χ0) is 13.8. The van der Waals surface area contributed by atoms with Gasteiger partial charge in [-0.25, -0.2) is 5.43 Å². The minimum Gasteiger partial charge on any atom is -0.491 e. The fraction of sp³-hybridized carbons (Fsp3) is 0.600. The highest BCUT2D eigenvalue weighted by atomic mass is 16.5. The zero-order valence-electron chi connectivity index (χ0n) is 12.2. The summed E-state index contributed by atoms with van der Waals surface area (Å²) in [5.41, 5.74) is 8.00. The molecule has 0 amide bonds. The maximum atomic E-state index is 5.77. The van der Waals surface area contributed by atoms with Crippen LogP contribution in [0.5, 0.6) is 5.75 Å². The van der Waals surface area contributed by atoms with Gasteiger partial charge in [-0.2, -0.15) is 0 Å². The predicted molar refractivity (Wildman–Crippen MR) is 78.1 cm³/mol. The molecular formula is C15H25N3O. The van der Waals surface area contributed by atoms with Gasteiger partial charge in [-0.3, -0.25) is 5.43 Å². The van der Waals surface area contributed by atoms with Crippen LogP contribution in [-0.4, -0.2) is 25.7 Å². The highest BCUT2D eigenvalue weighted by molar-refractivity contribution is 5.32. The van der Waals surface area contributed by atoms with E-state index in [2.05, 4.69) is 41.3 Å². The lowest BCUT2D eigenvalue weighted by Gasteiger charge is -2.21. The summed E-state index contributed by atoms with van der Waals surface area (Å²) in [6, 6.07) is 9.15. The Bertz CT molecular complexity index is 408. The standard InChI is InChI=1S/C15H25N3O/c1-10(2)19-13-7-5-6-12(8-13)15-14(9-16-4)11(3)17-18-15/h5-8,10-11,14-18H,9H2,1-4H3. The van der Waals surface area contributed by atoms with Gasteiger partial charge in [0.25, 0.3) is 0 Å². The molecule has 0 aliphatic carbocycles. The molecule has 3 atom stereocenters. The van der Waals surface area contributed by atoms with E-state index in [9.17, 15) is 0 Å². The van der Waals surface area contributed by atoms with Crippen molar-refractivity contribution in [3.05, 3.63) is 29.8 Å². The lowest BCUT2D eigenvalue weighted by molar-refractivity contribution is 0.242. The van der Waals surface area contributed by atoms with Crippen LogP contribution in [0, 0.1) is 5.92 Å². The van der Waals surface area contributed by atoms with Gasteiger partial charge in [0.2, 0.25) is 0 Å². The van der Waals surface area contributed by atoms with Gasteiger partial charge in [-0.15, -0.1) is 0 Å². The number of ether oxygens (including phenoxy) is 1. The molecule has 4 heteroatoms. The third kappa shape index (κ3) is 3.47. The Labute approximate surface area is 115 Å².